The van der Waals surface area contributed by atoms with Crippen molar-refractivity contribution in [3.8, 4) is 0 Å². The van der Waals surface area contributed by atoms with Gasteiger partial charge in [0.05, 0.1) is 7.11 Å². The zero-order valence-electron chi connectivity index (χ0n) is 11.0. The number of hydrogen-bond acceptors (Lipinski definition) is 2. The number of ether oxygens (including phenoxy) is 1. The molecule has 1 atom stereocenters. The van der Waals surface area contributed by atoms with Crippen molar-refractivity contribution in [2.24, 2.45) is 17.3 Å². The van der Waals surface area contributed by atoms with E-state index in [0.717, 1.165) is 0 Å². The third-order valence-electron chi connectivity index (χ3n) is 3.42. The van der Waals surface area contributed by atoms with Crippen molar-refractivity contribution in [3.63, 3.8) is 0 Å². The third-order valence-corrected chi connectivity index (χ3v) is 3.42. The maximum atomic E-state index is 11.3. The summed E-state index contributed by atoms with van der Waals surface area (Å²) in [6, 6.07) is 0.130. The van der Waals surface area contributed by atoms with Crippen molar-refractivity contribution in [1.29, 1.82) is 0 Å². The zero-order chi connectivity index (χ0) is 12.2. The highest BCUT2D eigenvalue weighted by Crippen LogP contribution is 2.33. The Morgan fingerprint density at radius 1 is 1.20 bits per heavy atom. The minimum absolute atomic E-state index is 0.0579. The van der Waals surface area contributed by atoms with E-state index < -0.39 is 0 Å². The van der Waals surface area contributed by atoms with Gasteiger partial charge in [0.2, 0.25) is 0 Å². The molecule has 0 fully saturated rings. The van der Waals surface area contributed by atoms with Gasteiger partial charge in [-0.1, -0.05) is 41.5 Å². The second-order valence-electron chi connectivity index (χ2n) is 5.33. The fourth-order valence-electron chi connectivity index (χ4n) is 1.76. The maximum absolute atomic E-state index is 11.3. The molecule has 0 heterocycles. The van der Waals surface area contributed by atoms with Crippen LogP contribution < -0.4 is 5.32 Å². The summed E-state index contributed by atoms with van der Waals surface area (Å²) in [5, 5.41) is 2.93. The van der Waals surface area contributed by atoms with Gasteiger partial charge in [-0.25, -0.2) is 4.79 Å². The molecule has 0 bridgehead atoms. The Morgan fingerprint density at radius 2 is 1.67 bits per heavy atom. The lowest BCUT2D eigenvalue weighted by Crippen LogP contribution is -2.50. The fraction of sp³-hybridized carbons (Fsp3) is 0.917. The van der Waals surface area contributed by atoms with Crippen LogP contribution in [0.4, 0.5) is 4.79 Å². The van der Waals surface area contributed by atoms with Gasteiger partial charge >= 0.3 is 6.09 Å². The van der Waals surface area contributed by atoms with Crippen LogP contribution in [0.25, 0.3) is 0 Å². The average Bonchev–Trinajstić information content (AvgIpc) is 2.12. The van der Waals surface area contributed by atoms with Crippen LogP contribution in [0, 0.1) is 17.3 Å². The predicted molar refractivity (Wildman–Crippen MR) is 62.8 cm³/mol. The van der Waals surface area contributed by atoms with Crippen LogP contribution in [-0.4, -0.2) is 19.2 Å². The number of amides is 1. The van der Waals surface area contributed by atoms with E-state index in [4.69, 9.17) is 0 Å². The summed E-state index contributed by atoms with van der Waals surface area (Å²) >= 11 is 0. The van der Waals surface area contributed by atoms with Crippen LogP contribution in [-0.2, 0) is 4.74 Å². The zero-order valence-corrected chi connectivity index (χ0v) is 11.0. The van der Waals surface area contributed by atoms with Gasteiger partial charge in [-0.2, -0.15) is 0 Å². The number of nitrogens with one attached hydrogen (secondary N) is 1. The number of rotatable bonds is 4. The molecule has 0 radical (unpaired) electrons. The minimum Gasteiger partial charge on any atom is -0.453 e. The monoisotopic (exact) mass is 215 g/mol. The number of carbonyl (C=O) groups excluding carboxylic acids is 1. The quantitative estimate of drug-likeness (QED) is 0.782. The smallest absolute Gasteiger partial charge is 0.407 e. The summed E-state index contributed by atoms with van der Waals surface area (Å²) in [5.41, 5.74) is 0.0579. The summed E-state index contributed by atoms with van der Waals surface area (Å²) in [4.78, 5) is 11.3. The Balaban J connectivity index is 4.73. The van der Waals surface area contributed by atoms with E-state index in [9.17, 15) is 4.79 Å². The molecule has 0 saturated heterocycles. The largest absolute Gasteiger partial charge is 0.453 e. The van der Waals surface area contributed by atoms with Gasteiger partial charge in [0.15, 0.2) is 0 Å². The molecule has 0 saturated carbocycles. The first-order chi connectivity index (χ1) is 6.73. The molecule has 1 unspecified atom stereocenters. The molecule has 0 rings (SSSR count). The van der Waals surface area contributed by atoms with Gasteiger partial charge in [-0.15, -0.1) is 0 Å². The van der Waals surface area contributed by atoms with Crippen LogP contribution in [0.3, 0.4) is 0 Å². The van der Waals surface area contributed by atoms with Crippen LogP contribution in [0.5, 0.6) is 0 Å². The molecule has 90 valence electrons. The van der Waals surface area contributed by atoms with Gasteiger partial charge in [-0.3, -0.25) is 0 Å². The molecule has 3 heteroatoms. The Hall–Kier alpha value is -0.730. The summed E-state index contributed by atoms with van der Waals surface area (Å²) in [6.07, 6.45) is -0.345. The lowest BCUT2D eigenvalue weighted by molar-refractivity contribution is 0.110. The molecular weight excluding hydrogens is 190 g/mol. The Morgan fingerprint density at radius 3 is 1.93 bits per heavy atom. The number of methoxy groups -OCH3 is 1. The first-order valence-electron chi connectivity index (χ1n) is 5.58. The minimum atomic E-state index is -0.345. The standard InChI is InChI=1S/C12H25NO2/c1-8(2)10(13-11(14)15-7)12(5,6)9(3)4/h8-10H,1-7H3,(H,13,14). The molecule has 0 aromatic carbocycles. The van der Waals surface area contributed by atoms with E-state index in [1.165, 1.54) is 7.11 Å². The normalized spacial score (nSPS) is 14.2. The van der Waals surface area contributed by atoms with Crippen LogP contribution in [0.15, 0.2) is 0 Å². The van der Waals surface area contributed by atoms with Crippen molar-refractivity contribution >= 4 is 6.09 Å². The third kappa shape index (κ3) is 3.73. The summed E-state index contributed by atoms with van der Waals surface area (Å²) < 4.78 is 4.66. The van der Waals surface area contributed by atoms with E-state index in [1.54, 1.807) is 0 Å². The molecule has 0 aliphatic rings. The summed E-state index contributed by atoms with van der Waals surface area (Å²) in [5.74, 6) is 0.892. The number of hydrogen-bond donors (Lipinski definition) is 1. The maximum Gasteiger partial charge on any atom is 0.407 e. The lowest BCUT2D eigenvalue weighted by atomic mass is 9.71. The molecule has 0 spiro atoms. The van der Waals surface area contributed by atoms with Crippen molar-refractivity contribution < 1.29 is 9.53 Å². The van der Waals surface area contributed by atoms with E-state index in [-0.39, 0.29) is 17.6 Å². The highest BCUT2D eigenvalue weighted by atomic mass is 16.5. The molecule has 0 aliphatic heterocycles. The van der Waals surface area contributed by atoms with Gasteiger partial charge in [0, 0.05) is 6.04 Å². The summed E-state index contributed by atoms with van der Waals surface area (Å²) in [7, 11) is 1.40. The molecule has 0 aromatic heterocycles. The highest BCUT2D eigenvalue weighted by molar-refractivity contribution is 5.67. The van der Waals surface area contributed by atoms with Crippen LogP contribution in [0.1, 0.15) is 41.5 Å². The van der Waals surface area contributed by atoms with E-state index in [2.05, 4.69) is 51.6 Å². The molecule has 0 aromatic rings. The van der Waals surface area contributed by atoms with Crippen molar-refractivity contribution in [1.82, 2.24) is 5.32 Å². The molecule has 0 aliphatic carbocycles. The molecule has 1 N–H and O–H groups in total. The topological polar surface area (TPSA) is 38.3 Å². The SMILES string of the molecule is COC(=O)NC(C(C)C)C(C)(C)C(C)C. The fourth-order valence-corrected chi connectivity index (χ4v) is 1.76. The highest BCUT2D eigenvalue weighted by Gasteiger charge is 2.35. The Labute approximate surface area is 93.6 Å². The molecule has 3 nitrogen and oxygen atoms in total. The van der Waals surface area contributed by atoms with Gasteiger partial charge in [0.1, 0.15) is 0 Å². The summed E-state index contributed by atoms with van der Waals surface area (Å²) in [6.45, 7) is 12.9. The second kappa shape index (κ2) is 5.38. The lowest BCUT2D eigenvalue weighted by Gasteiger charge is -2.40. The van der Waals surface area contributed by atoms with Gasteiger partial charge in [-0.05, 0) is 17.3 Å². The van der Waals surface area contributed by atoms with Gasteiger partial charge < -0.3 is 10.1 Å². The van der Waals surface area contributed by atoms with E-state index >= 15 is 0 Å². The average molecular weight is 215 g/mol. The van der Waals surface area contributed by atoms with Crippen molar-refractivity contribution in [2.45, 2.75) is 47.6 Å². The van der Waals surface area contributed by atoms with Crippen LogP contribution in [0.2, 0.25) is 0 Å². The Kier molecular flexibility index (Phi) is 5.12. The molecular formula is C12H25NO2. The van der Waals surface area contributed by atoms with Crippen molar-refractivity contribution in [3.05, 3.63) is 0 Å². The number of alkyl carbamates (subject to hydrolysis) is 1. The Bertz CT molecular complexity index is 210. The van der Waals surface area contributed by atoms with Crippen LogP contribution >= 0.6 is 0 Å². The van der Waals surface area contributed by atoms with Crippen molar-refractivity contribution in [2.75, 3.05) is 7.11 Å². The van der Waals surface area contributed by atoms with E-state index in [1.807, 2.05) is 0 Å². The first-order valence-corrected chi connectivity index (χ1v) is 5.58. The predicted octanol–water partition coefficient (Wildman–Crippen LogP) is 3.05. The molecule has 15 heavy (non-hydrogen) atoms. The second-order valence-corrected chi connectivity index (χ2v) is 5.33. The van der Waals surface area contributed by atoms with Gasteiger partial charge in [0.25, 0.3) is 0 Å². The first kappa shape index (κ1) is 14.3. The molecule has 1 amide bonds. The number of carbonyl (C=O) groups is 1. The van der Waals surface area contributed by atoms with E-state index in [0.29, 0.717) is 11.8 Å².